The highest BCUT2D eigenvalue weighted by molar-refractivity contribution is 6.05. The van der Waals surface area contributed by atoms with Crippen molar-refractivity contribution in [2.75, 3.05) is 32.6 Å². The van der Waals surface area contributed by atoms with Gasteiger partial charge in [0.15, 0.2) is 22.7 Å². The zero-order valence-electron chi connectivity index (χ0n) is 28.1. The first-order valence-corrected chi connectivity index (χ1v) is 16.4. The lowest BCUT2D eigenvalue weighted by Gasteiger charge is -2.29. The van der Waals surface area contributed by atoms with Gasteiger partial charge in [-0.1, -0.05) is 24.3 Å². The van der Waals surface area contributed by atoms with Crippen molar-refractivity contribution in [1.29, 1.82) is 0 Å². The largest absolute Gasteiger partial charge is 0.493 e. The SMILES string of the molecule is COc1cc2c(cc1OC)CN(CCc1ccc(-n3nnc(-c4cc(CO)c(CO)cc4NC(=O)c4cc(=O)c5ccccc5o4)n3)cc1)CC2. The van der Waals surface area contributed by atoms with Crippen LogP contribution in [0.2, 0.25) is 0 Å². The number of aliphatic hydroxyl groups is 2. The molecule has 4 aromatic carbocycles. The van der Waals surface area contributed by atoms with Gasteiger partial charge in [-0.2, -0.15) is 0 Å². The Kier molecular flexibility index (Phi) is 9.57. The van der Waals surface area contributed by atoms with E-state index < -0.39 is 5.91 Å². The Morgan fingerprint density at radius 1 is 0.922 bits per heavy atom. The van der Waals surface area contributed by atoms with Crippen LogP contribution in [-0.4, -0.2) is 68.5 Å². The predicted octanol–water partition coefficient (Wildman–Crippen LogP) is 4.29. The Hall–Kier alpha value is -5.89. The van der Waals surface area contributed by atoms with Crippen LogP contribution in [0.4, 0.5) is 5.69 Å². The standard InChI is InChI=1S/C38H36N6O7/c1-49-34-17-24-12-14-43(20-25(24)18-35(34)50-2)13-11-23-7-9-28(10-8-23)44-41-37(40-42-44)30-15-26(21-45)27(22-46)16-31(30)39-38(48)36-19-32(47)29-5-3-4-6-33(29)51-36/h3-10,15-19,45-46H,11-14,20-22H2,1-2H3,(H,39,48). The summed E-state index contributed by atoms with van der Waals surface area (Å²) in [6, 6.07) is 23.0. The van der Waals surface area contributed by atoms with Crippen LogP contribution in [0.3, 0.4) is 0 Å². The smallest absolute Gasteiger partial charge is 0.291 e. The predicted molar refractivity (Wildman–Crippen MR) is 189 cm³/mol. The number of para-hydroxylation sites is 1. The number of tetrazole rings is 1. The maximum Gasteiger partial charge on any atom is 0.291 e. The van der Waals surface area contributed by atoms with Crippen molar-refractivity contribution in [3.8, 4) is 28.6 Å². The maximum absolute atomic E-state index is 13.3. The van der Waals surface area contributed by atoms with Crippen LogP contribution < -0.4 is 20.2 Å². The molecular weight excluding hydrogens is 652 g/mol. The van der Waals surface area contributed by atoms with E-state index in [1.54, 1.807) is 44.6 Å². The Morgan fingerprint density at radius 3 is 2.39 bits per heavy atom. The number of anilines is 1. The summed E-state index contributed by atoms with van der Waals surface area (Å²) in [5.74, 6) is 0.800. The van der Waals surface area contributed by atoms with Crippen molar-refractivity contribution >= 4 is 22.6 Å². The molecule has 1 amide bonds. The quantitative estimate of drug-likeness (QED) is 0.178. The van der Waals surface area contributed by atoms with E-state index in [2.05, 4.69) is 37.8 Å². The molecule has 13 heteroatoms. The summed E-state index contributed by atoms with van der Waals surface area (Å²) < 4.78 is 16.7. The molecule has 3 N–H and O–H groups in total. The molecule has 51 heavy (non-hydrogen) atoms. The summed E-state index contributed by atoms with van der Waals surface area (Å²) >= 11 is 0. The first-order chi connectivity index (χ1) is 24.9. The molecule has 260 valence electrons. The Balaban J connectivity index is 1.07. The van der Waals surface area contributed by atoms with E-state index in [0.717, 1.165) is 55.6 Å². The van der Waals surface area contributed by atoms with Gasteiger partial charge in [0, 0.05) is 31.3 Å². The number of aliphatic hydroxyl groups excluding tert-OH is 2. The fourth-order valence-electron chi connectivity index (χ4n) is 6.32. The maximum atomic E-state index is 13.3. The van der Waals surface area contributed by atoms with Crippen LogP contribution in [0.1, 0.15) is 38.4 Å². The highest BCUT2D eigenvalue weighted by Crippen LogP contribution is 2.34. The van der Waals surface area contributed by atoms with Gasteiger partial charge >= 0.3 is 0 Å². The van der Waals surface area contributed by atoms with Crippen molar-refractivity contribution < 1.29 is 28.9 Å². The van der Waals surface area contributed by atoms with Gasteiger partial charge in [-0.15, -0.1) is 15.0 Å². The fourth-order valence-corrected chi connectivity index (χ4v) is 6.32. The molecule has 0 radical (unpaired) electrons. The van der Waals surface area contributed by atoms with Gasteiger partial charge in [0.2, 0.25) is 5.82 Å². The molecular formula is C38H36N6O7. The molecule has 0 saturated carbocycles. The monoisotopic (exact) mass is 688 g/mol. The molecule has 0 spiro atoms. The highest BCUT2D eigenvalue weighted by Gasteiger charge is 2.21. The molecule has 3 heterocycles. The van der Waals surface area contributed by atoms with E-state index >= 15 is 0 Å². The number of amides is 1. The minimum Gasteiger partial charge on any atom is -0.493 e. The van der Waals surface area contributed by atoms with E-state index in [0.29, 0.717) is 27.8 Å². The van der Waals surface area contributed by atoms with Crippen LogP contribution in [0.25, 0.3) is 28.0 Å². The summed E-state index contributed by atoms with van der Waals surface area (Å²) in [7, 11) is 3.31. The summed E-state index contributed by atoms with van der Waals surface area (Å²) in [6.07, 6.45) is 1.81. The first kappa shape index (κ1) is 33.6. The molecule has 13 nitrogen and oxygen atoms in total. The lowest BCUT2D eigenvalue weighted by atomic mass is 9.98. The number of aromatic nitrogens is 4. The van der Waals surface area contributed by atoms with Gasteiger partial charge in [-0.3, -0.25) is 14.5 Å². The summed E-state index contributed by atoms with van der Waals surface area (Å²) in [6.45, 7) is 1.95. The number of nitrogens with one attached hydrogen (secondary N) is 1. The van der Waals surface area contributed by atoms with Gasteiger partial charge in [-0.25, -0.2) is 0 Å². The van der Waals surface area contributed by atoms with Crippen LogP contribution in [-0.2, 0) is 32.6 Å². The lowest BCUT2D eigenvalue weighted by Crippen LogP contribution is -2.32. The third-order valence-electron chi connectivity index (χ3n) is 9.12. The summed E-state index contributed by atoms with van der Waals surface area (Å²) in [5.41, 5.74) is 5.73. The molecule has 0 unspecified atom stereocenters. The molecule has 0 bridgehead atoms. The van der Waals surface area contributed by atoms with Crippen molar-refractivity contribution in [2.45, 2.75) is 32.6 Å². The Morgan fingerprint density at radius 2 is 1.65 bits per heavy atom. The topological polar surface area (TPSA) is 165 Å². The van der Waals surface area contributed by atoms with Crippen LogP contribution in [0.15, 0.2) is 88.1 Å². The molecule has 2 aromatic heterocycles. The summed E-state index contributed by atoms with van der Waals surface area (Å²) in [5, 5.41) is 36.1. The number of benzene rings is 4. The third-order valence-corrected chi connectivity index (χ3v) is 9.12. The number of ether oxygens (including phenoxy) is 2. The molecule has 7 rings (SSSR count). The lowest BCUT2D eigenvalue weighted by molar-refractivity contribution is 0.0997. The first-order valence-electron chi connectivity index (χ1n) is 16.4. The van der Waals surface area contributed by atoms with Gasteiger partial charge in [0.05, 0.1) is 44.2 Å². The van der Waals surface area contributed by atoms with Crippen LogP contribution >= 0.6 is 0 Å². The van der Waals surface area contributed by atoms with E-state index in [4.69, 9.17) is 13.9 Å². The minimum absolute atomic E-state index is 0.174. The van der Waals surface area contributed by atoms with Gasteiger partial charge in [-0.05, 0) is 94.4 Å². The zero-order chi connectivity index (χ0) is 35.5. The molecule has 0 atom stereocenters. The Labute approximate surface area is 292 Å². The number of carbonyl (C=O) groups excluding carboxylic acids is 1. The van der Waals surface area contributed by atoms with Crippen molar-refractivity contribution in [3.05, 3.63) is 123 Å². The average molecular weight is 689 g/mol. The number of rotatable bonds is 11. The number of carbonyl (C=O) groups is 1. The summed E-state index contributed by atoms with van der Waals surface area (Å²) in [4.78, 5) is 29.8. The van der Waals surface area contributed by atoms with Crippen LogP contribution in [0.5, 0.6) is 11.5 Å². The number of nitrogens with zero attached hydrogens (tertiary/aromatic N) is 5. The van der Waals surface area contributed by atoms with Gasteiger partial charge in [0.25, 0.3) is 5.91 Å². The molecule has 6 aromatic rings. The van der Waals surface area contributed by atoms with E-state index in [9.17, 15) is 19.8 Å². The normalized spacial score (nSPS) is 12.9. The molecule has 1 aliphatic heterocycles. The molecule has 0 fully saturated rings. The second kappa shape index (κ2) is 14.5. The van der Waals surface area contributed by atoms with E-state index in [1.807, 2.05) is 24.3 Å². The second-order valence-electron chi connectivity index (χ2n) is 12.2. The van der Waals surface area contributed by atoms with Gasteiger partial charge < -0.3 is 29.4 Å². The molecule has 1 aliphatic rings. The molecule has 0 aliphatic carbocycles. The van der Waals surface area contributed by atoms with Crippen LogP contribution in [0, 0.1) is 0 Å². The number of hydrogen-bond acceptors (Lipinski definition) is 11. The van der Waals surface area contributed by atoms with E-state index in [1.165, 1.54) is 22.0 Å². The van der Waals surface area contributed by atoms with Crippen molar-refractivity contribution in [3.63, 3.8) is 0 Å². The van der Waals surface area contributed by atoms with Crippen molar-refractivity contribution in [1.82, 2.24) is 25.1 Å². The number of hydrogen-bond donors (Lipinski definition) is 3. The van der Waals surface area contributed by atoms with Gasteiger partial charge in [0.1, 0.15) is 5.58 Å². The fraction of sp³-hybridized carbons (Fsp3) is 0.237. The minimum atomic E-state index is -0.684. The number of fused-ring (bicyclic) bond motifs is 2. The molecule has 0 saturated heterocycles. The second-order valence-corrected chi connectivity index (χ2v) is 12.2. The number of methoxy groups -OCH3 is 2. The zero-order valence-corrected chi connectivity index (χ0v) is 28.1. The average Bonchev–Trinajstić information content (AvgIpc) is 3.66. The van der Waals surface area contributed by atoms with E-state index in [-0.39, 0.29) is 41.5 Å². The van der Waals surface area contributed by atoms with Crippen molar-refractivity contribution in [2.24, 2.45) is 0 Å². The Bertz CT molecular complexity index is 2280. The third kappa shape index (κ3) is 6.95. The highest BCUT2D eigenvalue weighted by atomic mass is 16.5.